The molecule has 1 N–H and O–H groups in total. The number of hydrogen-bond donors (Lipinski definition) is 1. The van der Waals surface area contributed by atoms with Gasteiger partial charge in [-0.05, 0) is 56.3 Å². The molecule has 8 nitrogen and oxygen atoms in total. The van der Waals surface area contributed by atoms with Crippen LogP contribution >= 0.6 is 23.4 Å². The zero-order valence-electron chi connectivity index (χ0n) is 18.0. The highest BCUT2D eigenvalue weighted by molar-refractivity contribution is 7.99. The highest BCUT2D eigenvalue weighted by atomic mass is 35.5. The summed E-state index contributed by atoms with van der Waals surface area (Å²) >= 11 is 7.22. The monoisotopic (exact) mass is 492 g/mol. The first kappa shape index (κ1) is 24.5. The maximum absolute atomic E-state index is 13.2. The summed E-state index contributed by atoms with van der Waals surface area (Å²) < 4.78 is 25.6. The molecular formula is C22H22ClFN4O4S. The Morgan fingerprint density at radius 3 is 2.58 bits per heavy atom. The highest BCUT2D eigenvalue weighted by Crippen LogP contribution is 2.26. The third-order valence-corrected chi connectivity index (χ3v) is 5.63. The Morgan fingerprint density at radius 1 is 1.15 bits per heavy atom. The van der Waals surface area contributed by atoms with Gasteiger partial charge in [0.15, 0.2) is 11.0 Å². The predicted molar refractivity (Wildman–Crippen MR) is 123 cm³/mol. The van der Waals surface area contributed by atoms with Crippen LogP contribution in [-0.4, -0.2) is 39.0 Å². The normalized spacial score (nSPS) is 10.7. The molecule has 0 saturated carbocycles. The molecule has 0 saturated heterocycles. The van der Waals surface area contributed by atoms with E-state index in [9.17, 15) is 14.0 Å². The van der Waals surface area contributed by atoms with Crippen LogP contribution in [-0.2, 0) is 22.7 Å². The van der Waals surface area contributed by atoms with Crippen molar-refractivity contribution in [2.75, 3.05) is 17.7 Å². The first-order valence-corrected chi connectivity index (χ1v) is 11.5. The van der Waals surface area contributed by atoms with Crippen molar-refractivity contribution in [3.05, 3.63) is 64.7 Å². The molecule has 33 heavy (non-hydrogen) atoms. The minimum Gasteiger partial charge on any atom is -0.484 e. The first-order valence-electron chi connectivity index (χ1n) is 10.1. The average Bonchev–Trinajstić information content (AvgIpc) is 3.19. The van der Waals surface area contributed by atoms with Crippen molar-refractivity contribution in [1.29, 1.82) is 0 Å². The van der Waals surface area contributed by atoms with Crippen molar-refractivity contribution in [2.24, 2.45) is 0 Å². The number of aromatic nitrogens is 3. The second kappa shape index (κ2) is 11.7. The molecule has 3 aromatic rings. The van der Waals surface area contributed by atoms with E-state index in [0.29, 0.717) is 41.1 Å². The number of halogens is 2. The molecule has 0 radical (unpaired) electrons. The number of nitrogens with zero attached hydrogens (tertiary/aromatic N) is 3. The Bertz CT molecular complexity index is 1120. The van der Waals surface area contributed by atoms with Gasteiger partial charge in [0.25, 0.3) is 0 Å². The fraction of sp³-hybridized carbons (Fsp3) is 0.273. The number of nitrogens with one attached hydrogen (secondary N) is 1. The lowest BCUT2D eigenvalue weighted by atomic mass is 10.2. The lowest BCUT2D eigenvalue weighted by Gasteiger charge is -2.10. The van der Waals surface area contributed by atoms with Gasteiger partial charge in [0.1, 0.15) is 18.2 Å². The molecule has 0 aliphatic carbocycles. The van der Waals surface area contributed by atoms with Crippen LogP contribution in [0.4, 0.5) is 10.1 Å². The molecule has 0 fully saturated rings. The van der Waals surface area contributed by atoms with E-state index in [-0.39, 0.29) is 23.3 Å². The summed E-state index contributed by atoms with van der Waals surface area (Å²) in [5.41, 5.74) is 0.979. The van der Waals surface area contributed by atoms with Crippen molar-refractivity contribution in [3.63, 3.8) is 0 Å². The minimum atomic E-state index is -0.448. The molecule has 1 amide bonds. The van der Waals surface area contributed by atoms with Gasteiger partial charge in [0.05, 0.1) is 22.9 Å². The Balaban J connectivity index is 1.55. The number of thioether (sulfide) groups is 1. The fourth-order valence-corrected chi connectivity index (χ4v) is 3.86. The highest BCUT2D eigenvalue weighted by Gasteiger charge is 2.15. The van der Waals surface area contributed by atoms with Gasteiger partial charge in [-0.15, -0.1) is 10.2 Å². The molecule has 0 aliphatic rings. The number of benzene rings is 2. The molecule has 174 valence electrons. The van der Waals surface area contributed by atoms with Crippen molar-refractivity contribution in [1.82, 2.24) is 14.8 Å². The molecule has 0 aliphatic heterocycles. The summed E-state index contributed by atoms with van der Waals surface area (Å²) in [6, 6.07) is 10.3. The summed E-state index contributed by atoms with van der Waals surface area (Å²) in [7, 11) is 0. The summed E-state index contributed by atoms with van der Waals surface area (Å²) in [6.45, 7) is 4.62. The quantitative estimate of drug-likeness (QED) is 0.327. The summed E-state index contributed by atoms with van der Waals surface area (Å²) in [4.78, 5) is 24.0. The van der Waals surface area contributed by atoms with Crippen LogP contribution in [0.1, 0.15) is 30.0 Å². The van der Waals surface area contributed by atoms with E-state index in [4.69, 9.17) is 21.1 Å². The van der Waals surface area contributed by atoms with Gasteiger partial charge in [0, 0.05) is 12.2 Å². The molecule has 0 atom stereocenters. The Hall–Kier alpha value is -3.11. The second-order valence-electron chi connectivity index (χ2n) is 6.64. The number of ether oxygens (including phenoxy) is 2. The number of amides is 1. The van der Waals surface area contributed by atoms with E-state index in [1.165, 1.54) is 30.0 Å². The van der Waals surface area contributed by atoms with E-state index in [2.05, 4.69) is 15.5 Å². The molecule has 0 spiro atoms. The molecule has 1 aromatic heterocycles. The van der Waals surface area contributed by atoms with Gasteiger partial charge < -0.3 is 19.4 Å². The number of carbonyl (C=O) groups is 2. The van der Waals surface area contributed by atoms with Crippen LogP contribution in [0.5, 0.6) is 5.75 Å². The number of hydrogen-bond acceptors (Lipinski definition) is 7. The molecule has 2 aromatic carbocycles. The molecular weight excluding hydrogens is 471 g/mol. The van der Waals surface area contributed by atoms with E-state index >= 15 is 0 Å². The number of esters is 1. The third kappa shape index (κ3) is 6.69. The van der Waals surface area contributed by atoms with Crippen LogP contribution in [0.25, 0.3) is 0 Å². The van der Waals surface area contributed by atoms with Crippen LogP contribution < -0.4 is 10.1 Å². The SMILES string of the molecule is CCOC(=O)c1ccc(NC(=O)CSc2nnc(COc3ccc(F)cc3Cl)n2CC)cc1. The van der Waals surface area contributed by atoms with Crippen LogP contribution in [0.15, 0.2) is 47.6 Å². The Morgan fingerprint density at radius 2 is 1.91 bits per heavy atom. The second-order valence-corrected chi connectivity index (χ2v) is 7.99. The van der Waals surface area contributed by atoms with Crippen LogP contribution in [0.3, 0.4) is 0 Å². The maximum Gasteiger partial charge on any atom is 0.338 e. The van der Waals surface area contributed by atoms with Crippen molar-refractivity contribution < 1.29 is 23.5 Å². The molecule has 0 bridgehead atoms. The lowest BCUT2D eigenvalue weighted by Crippen LogP contribution is -2.15. The number of carbonyl (C=O) groups excluding carboxylic acids is 2. The average molecular weight is 493 g/mol. The number of anilines is 1. The van der Waals surface area contributed by atoms with Gasteiger partial charge in [-0.1, -0.05) is 23.4 Å². The standard InChI is InChI=1S/C22H22ClFN4O4S/c1-3-28-19(12-32-18-10-7-15(24)11-17(18)23)26-27-22(28)33-13-20(29)25-16-8-5-14(6-9-16)21(30)31-4-2/h5-11H,3-4,12-13H2,1-2H3,(H,25,29). The molecule has 1 heterocycles. The van der Waals surface area contributed by atoms with Gasteiger partial charge >= 0.3 is 5.97 Å². The van der Waals surface area contributed by atoms with Gasteiger partial charge in [-0.25, -0.2) is 9.18 Å². The van der Waals surface area contributed by atoms with E-state index < -0.39 is 11.8 Å². The van der Waals surface area contributed by atoms with E-state index in [1.807, 2.05) is 11.5 Å². The predicted octanol–water partition coefficient (Wildman–Crippen LogP) is 4.58. The van der Waals surface area contributed by atoms with Gasteiger partial charge in [-0.2, -0.15) is 0 Å². The summed E-state index contributed by atoms with van der Waals surface area (Å²) in [5, 5.41) is 11.8. The topological polar surface area (TPSA) is 95.3 Å². The first-order chi connectivity index (χ1) is 15.9. The zero-order chi connectivity index (χ0) is 23.8. The van der Waals surface area contributed by atoms with Crippen molar-refractivity contribution in [2.45, 2.75) is 32.2 Å². The maximum atomic E-state index is 13.2. The van der Waals surface area contributed by atoms with Crippen LogP contribution in [0.2, 0.25) is 5.02 Å². The van der Waals surface area contributed by atoms with E-state index in [0.717, 1.165) is 0 Å². The zero-order valence-corrected chi connectivity index (χ0v) is 19.6. The van der Waals surface area contributed by atoms with Gasteiger partial charge in [0.2, 0.25) is 5.91 Å². The smallest absolute Gasteiger partial charge is 0.338 e. The summed E-state index contributed by atoms with van der Waals surface area (Å²) in [6.07, 6.45) is 0. The van der Waals surface area contributed by atoms with Gasteiger partial charge in [-0.3, -0.25) is 4.79 Å². The van der Waals surface area contributed by atoms with Crippen molar-refractivity contribution in [3.8, 4) is 5.75 Å². The molecule has 0 unspecified atom stereocenters. The summed E-state index contributed by atoms with van der Waals surface area (Å²) in [5.74, 6) is -0.0862. The number of rotatable bonds is 10. The Kier molecular flexibility index (Phi) is 8.67. The molecule has 3 rings (SSSR count). The Labute approximate surface area is 199 Å². The van der Waals surface area contributed by atoms with Crippen molar-refractivity contribution >= 4 is 40.9 Å². The molecule has 11 heteroatoms. The lowest BCUT2D eigenvalue weighted by molar-refractivity contribution is -0.113. The minimum absolute atomic E-state index is 0.0891. The third-order valence-electron chi connectivity index (χ3n) is 4.37. The van der Waals surface area contributed by atoms with E-state index in [1.54, 1.807) is 31.2 Å². The fourth-order valence-electron chi connectivity index (χ4n) is 2.82. The van der Waals surface area contributed by atoms with Crippen LogP contribution in [0, 0.1) is 5.82 Å². The largest absolute Gasteiger partial charge is 0.484 e.